The Labute approximate surface area is 149 Å². The summed E-state index contributed by atoms with van der Waals surface area (Å²) in [5.41, 5.74) is -0.372. The third-order valence-corrected chi connectivity index (χ3v) is 5.93. The van der Waals surface area contributed by atoms with Gasteiger partial charge in [-0.15, -0.1) is 0 Å². The van der Waals surface area contributed by atoms with Crippen LogP contribution < -0.4 is 4.89 Å². The zero-order chi connectivity index (χ0) is 18.6. The molecule has 142 valence electrons. The summed E-state index contributed by atoms with van der Waals surface area (Å²) in [7, 11) is -2.21. The molecule has 0 heterocycles. The minimum atomic E-state index is -2.21. The lowest BCUT2D eigenvalue weighted by Gasteiger charge is -2.38. The third kappa shape index (κ3) is 8.07. The summed E-state index contributed by atoms with van der Waals surface area (Å²) in [4.78, 5) is 23.0. The van der Waals surface area contributed by atoms with Gasteiger partial charge in [0.2, 0.25) is 0 Å². The summed E-state index contributed by atoms with van der Waals surface area (Å²) in [6, 6.07) is 0. The maximum atomic E-state index is 12.6. The Kier molecular flexibility index (Phi) is 12.6. The molecule has 0 N–H and O–H groups in total. The number of unbranched alkanes of at least 4 members (excludes halogenated alkanes) is 6. The molecule has 0 fully saturated rings. The van der Waals surface area contributed by atoms with Crippen molar-refractivity contribution in [3.05, 3.63) is 0 Å². The summed E-state index contributed by atoms with van der Waals surface area (Å²) in [5.74, 6) is 0.514. The Balaban J connectivity index is 3.87. The van der Waals surface area contributed by atoms with Crippen molar-refractivity contribution in [2.75, 3.05) is 12.8 Å². The van der Waals surface area contributed by atoms with E-state index in [0.29, 0.717) is 12.8 Å². The summed E-state index contributed by atoms with van der Waals surface area (Å²) in [6.07, 6.45) is 8.20. The van der Waals surface area contributed by atoms with Crippen LogP contribution in [0.3, 0.4) is 0 Å². The third-order valence-electron chi connectivity index (χ3n) is 5.24. The second-order valence-corrected chi connectivity index (χ2v) is 8.48. The molecule has 0 spiro atoms. The van der Waals surface area contributed by atoms with Gasteiger partial charge >= 0.3 is 14.0 Å². The molecule has 0 bridgehead atoms. The van der Waals surface area contributed by atoms with Gasteiger partial charge in [0, 0.05) is 0 Å². The van der Waals surface area contributed by atoms with E-state index in [0.717, 1.165) is 51.4 Å². The molecule has 0 aromatic heterocycles. The second-order valence-electron chi connectivity index (χ2n) is 7.37. The molecule has 0 saturated heterocycles. The highest BCUT2D eigenvalue weighted by Gasteiger charge is 2.44. The highest BCUT2D eigenvalue weighted by atomic mass is 31.1. The Morgan fingerprint density at radius 3 is 1.83 bits per heavy atom. The van der Waals surface area contributed by atoms with Crippen LogP contribution in [-0.2, 0) is 14.1 Å². The van der Waals surface area contributed by atoms with Gasteiger partial charge in [-0.3, -0.25) is 4.79 Å². The van der Waals surface area contributed by atoms with E-state index in [1.807, 2.05) is 0 Å². The van der Waals surface area contributed by atoms with Gasteiger partial charge in [-0.05, 0) is 37.5 Å². The number of hydrogen-bond donors (Lipinski definition) is 0. The van der Waals surface area contributed by atoms with Gasteiger partial charge in [0.25, 0.3) is 0 Å². The maximum absolute atomic E-state index is 12.6. The number of esters is 1. The van der Waals surface area contributed by atoms with Crippen LogP contribution in [0.5, 0.6) is 0 Å². The highest BCUT2D eigenvalue weighted by molar-refractivity contribution is 7.36. The zero-order valence-electron chi connectivity index (χ0n) is 16.3. The van der Waals surface area contributed by atoms with E-state index >= 15 is 0 Å². The van der Waals surface area contributed by atoms with Gasteiger partial charge in [0.15, 0.2) is 0 Å². The van der Waals surface area contributed by atoms with Crippen molar-refractivity contribution in [2.24, 2.45) is 17.3 Å². The monoisotopic (exact) mass is 360 g/mol. The van der Waals surface area contributed by atoms with Crippen molar-refractivity contribution in [3.63, 3.8) is 0 Å². The SMILES string of the molecule is CCC(C(=O)OCCCCCCCCC[P+](=O)[O-])(C(C)C)C(C)C. The van der Waals surface area contributed by atoms with Crippen LogP contribution in [0.4, 0.5) is 0 Å². The lowest BCUT2D eigenvalue weighted by Crippen LogP contribution is -2.42. The van der Waals surface area contributed by atoms with Crippen molar-refractivity contribution in [3.8, 4) is 0 Å². The van der Waals surface area contributed by atoms with Crippen LogP contribution in [0.2, 0.25) is 0 Å². The summed E-state index contributed by atoms with van der Waals surface area (Å²) in [5, 5.41) is 0. The fourth-order valence-electron chi connectivity index (χ4n) is 3.62. The Bertz CT molecular complexity index is 358. The topological polar surface area (TPSA) is 66.4 Å². The molecule has 5 heteroatoms. The number of ether oxygens (including phenoxy) is 1. The van der Waals surface area contributed by atoms with E-state index in [4.69, 9.17) is 4.74 Å². The van der Waals surface area contributed by atoms with Gasteiger partial charge in [-0.1, -0.05) is 64.9 Å². The van der Waals surface area contributed by atoms with Crippen LogP contribution in [0.1, 0.15) is 86.0 Å². The van der Waals surface area contributed by atoms with Crippen molar-refractivity contribution >= 4 is 14.0 Å². The van der Waals surface area contributed by atoms with E-state index in [-0.39, 0.29) is 23.2 Å². The van der Waals surface area contributed by atoms with E-state index in [1.165, 1.54) is 0 Å². The van der Waals surface area contributed by atoms with E-state index in [9.17, 15) is 14.3 Å². The molecule has 0 amide bonds. The van der Waals surface area contributed by atoms with Crippen molar-refractivity contribution in [1.29, 1.82) is 0 Å². The molecule has 0 aliphatic heterocycles. The molecular formula is C19H37O4P. The number of carbonyl (C=O) groups is 1. The molecule has 1 atom stereocenters. The average Bonchev–Trinajstić information content (AvgIpc) is 2.49. The molecule has 0 saturated carbocycles. The molecule has 0 radical (unpaired) electrons. The van der Waals surface area contributed by atoms with Crippen molar-refractivity contribution in [1.82, 2.24) is 0 Å². The number of rotatable bonds is 14. The molecule has 0 aliphatic rings. The van der Waals surface area contributed by atoms with Crippen LogP contribution in [0, 0.1) is 17.3 Å². The standard InChI is InChI=1S/C19H37O4P/c1-6-19(16(2)3,17(4)5)18(20)23-14-12-10-8-7-9-11-13-15-24(21)22/h16-17H,6-15H2,1-5H3. The number of carbonyl (C=O) groups excluding carboxylic acids is 1. The van der Waals surface area contributed by atoms with Gasteiger partial charge in [0.05, 0.1) is 12.0 Å². The molecule has 0 rings (SSSR count). The molecule has 1 unspecified atom stereocenters. The minimum Gasteiger partial charge on any atom is -0.596 e. The largest absolute Gasteiger partial charge is 0.596 e. The zero-order valence-corrected chi connectivity index (χ0v) is 17.2. The molecule has 0 aliphatic carbocycles. The van der Waals surface area contributed by atoms with Crippen LogP contribution in [0.15, 0.2) is 0 Å². The molecule has 4 nitrogen and oxygen atoms in total. The Morgan fingerprint density at radius 2 is 1.42 bits per heavy atom. The first-order valence-corrected chi connectivity index (χ1v) is 10.9. The van der Waals surface area contributed by atoms with Crippen LogP contribution in [-0.4, -0.2) is 18.7 Å². The first kappa shape index (κ1) is 23.5. The first-order valence-electron chi connectivity index (χ1n) is 9.58. The smallest absolute Gasteiger partial charge is 0.312 e. The van der Waals surface area contributed by atoms with Crippen LogP contribution in [0.25, 0.3) is 0 Å². The van der Waals surface area contributed by atoms with Crippen molar-refractivity contribution < 1.29 is 19.0 Å². The van der Waals surface area contributed by atoms with E-state index < -0.39 is 8.03 Å². The number of hydrogen-bond acceptors (Lipinski definition) is 4. The summed E-state index contributed by atoms with van der Waals surface area (Å²) < 4.78 is 16.0. The maximum Gasteiger partial charge on any atom is 0.312 e. The van der Waals surface area contributed by atoms with E-state index in [1.54, 1.807) is 0 Å². The van der Waals surface area contributed by atoms with Crippen molar-refractivity contribution in [2.45, 2.75) is 86.0 Å². The van der Waals surface area contributed by atoms with Gasteiger partial charge < -0.3 is 9.63 Å². The fraction of sp³-hybridized carbons (Fsp3) is 0.947. The van der Waals surface area contributed by atoms with Gasteiger partial charge in [0.1, 0.15) is 6.16 Å². The predicted octanol–water partition coefficient (Wildman–Crippen LogP) is 5.07. The van der Waals surface area contributed by atoms with Gasteiger partial charge in [-0.2, -0.15) is 0 Å². The first-order chi connectivity index (χ1) is 11.3. The lowest BCUT2D eigenvalue weighted by molar-refractivity contribution is -0.164. The summed E-state index contributed by atoms with van der Waals surface area (Å²) in [6.45, 7) is 11.0. The molecule has 0 aromatic rings. The second kappa shape index (κ2) is 12.8. The molecule has 24 heavy (non-hydrogen) atoms. The average molecular weight is 360 g/mol. The minimum absolute atomic E-state index is 0.0401. The molecular weight excluding hydrogens is 323 g/mol. The Hall–Kier alpha value is -0.470. The quantitative estimate of drug-likeness (QED) is 0.246. The Morgan fingerprint density at radius 1 is 0.958 bits per heavy atom. The normalized spacial score (nSPS) is 12.8. The lowest BCUT2D eigenvalue weighted by atomic mass is 9.67. The molecule has 0 aromatic carbocycles. The fourth-order valence-corrected chi connectivity index (χ4v) is 4.11. The highest BCUT2D eigenvalue weighted by Crippen LogP contribution is 2.40. The summed E-state index contributed by atoms with van der Waals surface area (Å²) >= 11 is 0. The van der Waals surface area contributed by atoms with E-state index in [2.05, 4.69) is 34.6 Å². The predicted molar refractivity (Wildman–Crippen MR) is 98.2 cm³/mol. The van der Waals surface area contributed by atoms with Gasteiger partial charge in [-0.25, -0.2) is 0 Å². The van der Waals surface area contributed by atoms with Crippen LogP contribution >= 0.6 is 8.03 Å².